The van der Waals surface area contributed by atoms with Crippen molar-refractivity contribution in [2.75, 3.05) is 0 Å². The molecule has 50 heavy (non-hydrogen) atoms. The molecule has 0 atom stereocenters. The maximum absolute atomic E-state index is 5.39. The molecule has 9 aromatic rings. The Morgan fingerprint density at radius 1 is 0.380 bits per heavy atom. The van der Waals surface area contributed by atoms with Gasteiger partial charge in [-0.05, 0) is 81.4 Å². The molecule has 2 nitrogen and oxygen atoms in total. The van der Waals surface area contributed by atoms with Crippen LogP contribution in [0.5, 0.6) is 0 Å². The minimum absolute atomic E-state index is 0.182. The van der Waals surface area contributed by atoms with Gasteiger partial charge in [-0.15, -0.1) is 0 Å². The molecule has 2 aromatic heterocycles. The molecule has 234 valence electrons. The van der Waals surface area contributed by atoms with Crippen molar-refractivity contribution in [2.45, 2.75) is 5.92 Å². The summed E-state index contributed by atoms with van der Waals surface area (Å²) in [7, 11) is 0. The highest BCUT2D eigenvalue weighted by Crippen LogP contribution is 2.48. The van der Waals surface area contributed by atoms with Gasteiger partial charge in [0.15, 0.2) is 0 Å². The number of pyridine rings is 1. The highest BCUT2D eigenvalue weighted by Gasteiger charge is 2.29. The van der Waals surface area contributed by atoms with Crippen LogP contribution in [0.3, 0.4) is 0 Å². The van der Waals surface area contributed by atoms with Crippen LogP contribution in [0.1, 0.15) is 22.6 Å². The van der Waals surface area contributed by atoms with Gasteiger partial charge in [0.2, 0.25) is 0 Å². The molecule has 0 saturated heterocycles. The lowest BCUT2D eigenvalue weighted by atomic mass is 9.88. The Balaban J connectivity index is 1.13. The Hall–Kier alpha value is -6.51. The lowest BCUT2D eigenvalue weighted by Gasteiger charge is -2.16. The molecule has 0 amide bonds. The zero-order chi connectivity index (χ0) is 33.0. The average molecular weight is 637 g/mol. The fourth-order valence-corrected chi connectivity index (χ4v) is 8.02. The van der Waals surface area contributed by atoms with Crippen LogP contribution in [0.4, 0.5) is 0 Å². The summed E-state index contributed by atoms with van der Waals surface area (Å²) in [5.41, 5.74) is 16.6. The number of aromatic nitrogens is 2. The Morgan fingerprint density at radius 2 is 0.900 bits per heavy atom. The topological polar surface area (TPSA) is 17.8 Å². The van der Waals surface area contributed by atoms with Crippen LogP contribution in [0.2, 0.25) is 0 Å². The zero-order valence-corrected chi connectivity index (χ0v) is 27.4. The number of hydrogen-bond donors (Lipinski definition) is 0. The lowest BCUT2D eigenvalue weighted by Crippen LogP contribution is -2.00. The molecule has 7 aromatic carbocycles. The molecule has 0 spiro atoms. The molecule has 0 saturated carbocycles. The van der Waals surface area contributed by atoms with Crippen molar-refractivity contribution >= 4 is 21.8 Å². The van der Waals surface area contributed by atoms with Crippen molar-refractivity contribution in [3.8, 4) is 50.5 Å². The van der Waals surface area contributed by atoms with Gasteiger partial charge >= 0.3 is 0 Å². The van der Waals surface area contributed by atoms with Crippen LogP contribution in [-0.2, 0) is 0 Å². The predicted octanol–water partition coefficient (Wildman–Crippen LogP) is 12.3. The first-order valence-electron chi connectivity index (χ1n) is 17.3. The predicted molar refractivity (Wildman–Crippen MR) is 208 cm³/mol. The van der Waals surface area contributed by atoms with E-state index in [9.17, 15) is 0 Å². The van der Waals surface area contributed by atoms with Crippen molar-refractivity contribution in [1.29, 1.82) is 0 Å². The molecule has 0 aliphatic heterocycles. The smallest absolute Gasteiger partial charge is 0.0716 e. The Bertz CT molecular complexity index is 2620. The summed E-state index contributed by atoms with van der Waals surface area (Å²) in [4.78, 5) is 5.39. The van der Waals surface area contributed by atoms with Crippen LogP contribution in [0.15, 0.2) is 188 Å². The molecule has 2 heterocycles. The maximum Gasteiger partial charge on any atom is 0.0716 e. The van der Waals surface area contributed by atoms with Gasteiger partial charge in [-0.2, -0.15) is 0 Å². The van der Waals surface area contributed by atoms with E-state index in [1.54, 1.807) is 0 Å². The number of hydrogen-bond acceptors (Lipinski definition) is 1. The van der Waals surface area contributed by atoms with Gasteiger partial charge in [0.05, 0.1) is 22.4 Å². The summed E-state index contributed by atoms with van der Waals surface area (Å²) in [6, 6.07) is 67.9. The summed E-state index contributed by atoms with van der Waals surface area (Å²) in [5.74, 6) is 0.182. The molecular formula is C48H32N2. The van der Waals surface area contributed by atoms with Crippen molar-refractivity contribution in [3.05, 3.63) is 205 Å². The molecule has 0 bridgehead atoms. The Labute approximate surface area is 291 Å². The standard InChI is InChI=1S/C48H32N2/c1-2-14-32(15-3-1)36-30-44(33-16-12-18-35(28-33)48-42-24-6-4-20-38(42)39-21-5-7-25-43(39)48)49-45(31-36)34-17-13-19-37(29-34)50-46-26-10-8-22-40(46)41-23-9-11-27-47(41)50/h1-31,48H. The summed E-state index contributed by atoms with van der Waals surface area (Å²) in [6.45, 7) is 0. The van der Waals surface area contributed by atoms with Gasteiger partial charge in [-0.1, -0.05) is 146 Å². The molecule has 0 unspecified atom stereocenters. The van der Waals surface area contributed by atoms with Gasteiger partial charge in [0.25, 0.3) is 0 Å². The van der Waals surface area contributed by atoms with Gasteiger partial charge in [0.1, 0.15) is 0 Å². The van der Waals surface area contributed by atoms with Gasteiger partial charge in [-0.25, -0.2) is 4.98 Å². The van der Waals surface area contributed by atoms with E-state index >= 15 is 0 Å². The number of fused-ring (bicyclic) bond motifs is 6. The monoisotopic (exact) mass is 636 g/mol. The fraction of sp³-hybridized carbons (Fsp3) is 0.0208. The molecule has 0 N–H and O–H groups in total. The number of rotatable bonds is 5. The Morgan fingerprint density at radius 3 is 1.56 bits per heavy atom. The van der Waals surface area contributed by atoms with E-state index in [4.69, 9.17) is 4.98 Å². The summed E-state index contributed by atoms with van der Waals surface area (Å²) in [5, 5.41) is 2.51. The van der Waals surface area contributed by atoms with Crippen LogP contribution >= 0.6 is 0 Å². The highest BCUT2D eigenvalue weighted by atomic mass is 15.0. The minimum Gasteiger partial charge on any atom is -0.309 e. The summed E-state index contributed by atoms with van der Waals surface area (Å²) >= 11 is 0. The number of benzene rings is 7. The van der Waals surface area contributed by atoms with E-state index in [2.05, 4.69) is 193 Å². The number of para-hydroxylation sites is 2. The largest absolute Gasteiger partial charge is 0.309 e. The quantitative estimate of drug-likeness (QED) is 0.184. The van der Waals surface area contributed by atoms with Crippen molar-refractivity contribution in [2.24, 2.45) is 0 Å². The van der Waals surface area contributed by atoms with Gasteiger partial charge < -0.3 is 4.57 Å². The van der Waals surface area contributed by atoms with Crippen LogP contribution in [0.25, 0.3) is 72.3 Å². The Kier molecular flexibility index (Phi) is 6.60. The summed E-state index contributed by atoms with van der Waals surface area (Å²) in [6.07, 6.45) is 0. The van der Waals surface area contributed by atoms with E-state index in [1.807, 2.05) is 0 Å². The van der Waals surface area contributed by atoms with Crippen LogP contribution < -0.4 is 0 Å². The fourth-order valence-electron chi connectivity index (χ4n) is 8.02. The number of nitrogens with zero attached hydrogens (tertiary/aromatic N) is 2. The van der Waals surface area contributed by atoms with E-state index in [1.165, 1.54) is 55.2 Å². The molecular weight excluding hydrogens is 605 g/mol. The van der Waals surface area contributed by atoms with E-state index < -0.39 is 0 Å². The third kappa shape index (κ3) is 4.61. The van der Waals surface area contributed by atoms with Crippen molar-refractivity contribution < 1.29 is 0 Å². The molecule has 10 rings (SSSR count). The average Bonchev–Trinajstić information content (AvgIpc) is 3.71. The van der Waals surface area contributed by atoms with E-state index in [0.717, 1.165) is 33.8 Å². The molecule has 0 fully saturated rings. The van der Waals surface area contributed by atoms with E-state index in [0.29, 0.717) is 0 Å². The highest BCUT2D eigenvalue weighted by molar-refractivity contribution is 6.09. The van der Waals surface area contributed by atoms with Crippen molar-refractivity contribution in [3.63, 3.8) is 0 Å². The van der Waals surface area contributed by atoms with Crippen LogP contribution in [0, 0.1) is 0 Å². The molecule has 1 aliphatic rings. The van der Waals surface area contributed by atoms with Gasteiger partial charge in [0, 0.05) is 33.5 Å². The first-order chi connectivity index (χ1) is 24.8. The van der Waals surface area contributed by atoms with E-state index in [-0.39, 0.29) is 5.92 Å². The first-order valence-corrected chi connectivity index (χ1v) is 17.3. The second-order valence-electron chi connectivity index (χ2n) is 13.1. The third-order valence-electron chi connectivity index (χ3n) is 10.3. The second-order valence-corrected chi connectivity index (χ2v) is 13.1. The van der Waals surface area contributed by atoms with Crippen LogP contribution in [-0.4, -0.2) is 9.55 Å². The SMILES string of the molecule is c1ccc(-c2cc(-c3cccc(C4c5ccccc5-c5ccccc54)c3)nc(-c3cccc(-n4c5ccccc5c5ccccc54)c3)c2)cc1. The normalized spacial score (nSPS) is 12.3. The van der Waals surface area contributed by atoms with Crippen molar-refractivity contribution in [1.82, 2.24) is 9.55 Å². The minimum atomic E-state index is 0.182. The summed E-state index contributed by atoms with van der Waals surface area (Å²) < 4.78 is 2.37. The molecule has 2 heteroatoms. The second kappa shape index (κ2) is 11.6. The maximum atomic E-state index is 5.39. The third-order valence-corrected chi connectivity index (χ3v) is 10.3. The van der Waals surface area contributed by atoms with Gasteiger partial charge in [-0.3, -0.25) is 0 Å². The first kappa shape index (κ1) is 28.5. The molecule has 0 radical (unpaired) electrons. The molecule has 1 aliphatic carbocycles. The zero-order valence-electron chi connectivity index (χ0n) is 27.4. The lowest BCUT2D eigenvalue weighted by molar-refractivity contribution is 1.01.